The summed E-state index contributed by atoms with van der Waals surface area (Å²) in [4.78, 5) is 32.3. The van der Waals surface area contributed by atoms with E-state index in [1.807, 2.05) is 38.1 Å². The first-order valence-corrected chi connectivity index (χ1v) is 11.5. The molecule has 1 fully saturated rings. The highest BCUT2D eigenvalue weighted by Crippen LogP contribution is 2.27. The molecule has 7 heteroatoms. The number of aromatic nitrogens is 3. The number of hydrogen-bond acceptors (Lipinski definition) is 4. The van der Waals surface area contributed by atoms with Crippen LogP contribution in [0, 0.1) is 12.8 Å². The number of rotatable bonds is 7. The first-order chi connectivity index (χ1) is 15.4. The van der Waals surface area contributed by atoms with Crippen molar-refractivity contribution in [1.82, 2.24) is 19.9 Å². The average molecular weight is 439 g/mol. The molecule has 0 aliphatic heterocycles. The van der Waals surface area contributed by atoms with Crippen molar-refractivity contribution in [3.05, 3.63) is 52.1 Å². The third-order valence-corrected chi connectivity index (χ3v) is 5.75. The van der Waals surface area contributed by atoms with Crippen LogP contribution in [-0.4, -0.2) is 38.2 Å². The van der Waals surface area contributed by atoms with E-state index in [4.69, 9.17) is 5.11 Å². The minimum atomic E-state index is -0.130. The second-order valence-corrected chi connectivity index (χ2v) is 8.65. The van der Waals surface area contributed by atoms with Gasteiger partial charge >= 0.3 is 5.69 Å². The normalized spacial score (nSPS) is 14.0. The van der Waals surface area contributed by atoms with Gasteiger partial charge in [0.2, 0.25) is 0 Å². The van der Waals surface area contributed by atoms with Crippen LogP contribution in [0.2, 0.25) is 0 Å². The number of aromatic amines is 1. The molecule has 1 aliphatic carbocycles. The zero-order valence-corrected chi connectivity index (χ0v) is 19.4. The van der Waals surface area contributed by atoms with Crippen molar-refractivity contribution >= 4 is 17.1 Å². The number of pyridine rings is 1. The van der Waals surface area contributed by atoms with E-state index in [2.05, 4.69) is 29.1 Å². The molecule has 0 saturated heterocycles. The minimum Gasteiger partial charge on any atom is -0.396 e. The van der Waals surface area contributed by atoms with Crippen molar-refractivity contribution in [1.29, 1.82) is 0 Å². The molecular weight excluding hydrogens is 404 g/mol. The van der Waals surface area contributed by atoms with Gasteiger partial charge in [0.15, 0.2) is 5.65 Å². The molecule has 1 saturated carbocycles. The Hall–Kier alpha value is -2.93. The fourth-order valence-electron chi connectivity index (χ4n) is 3.37. The molecule has 2 aromatic heterocycles. The predicted molar refractivity (Wildman–Crippen MR) is 128 cm³/mol. The highest BCUT2D eigenvalue weighted by molar-refractivity contribution is 5.96. The quantitative estimate of drug-likeness (QED) is 0.518. The number of amides is 1. The molecule has 0 bridgehead atoms. The Morgan fingerprint density at radius 3 is 2.66 bits per heavy atom. The number of nitrogens with zero attached hydrogens (tertiary/aromatic N) is 2. The number of aryl methyl sites for hydroxylation is 1. The molecule has 1 amide bonds. The molecule has 4 rings (SSSR count). The Balaban J connectivity index is 0.000000668. The van der Waals surface area contributed by atoms with Gasteiger partial charge in [-0.2, -0.15) is 0 Å². The van der Waals surface area contributed by atoms with Gasteiger partial charge < -0.3 is 15.4 Å². The molecule has 0 radical (unpaired) electrons. The molecule has 1 atom stereocenters. The molecule has 1 unspecified atom stereocenters. The van der Waals surface area contributed by atoms with Gasteiger partial charge in [-0.1, -0.05) is 33.3 Å². The molecule has 172 valence electrons. The first kappa shape index (κ1) is 23.7. The lowest BCUT2D eigenvalue weighted by atomic mass is 9.99. The van der Waals surface area contributed by atoms with Gasteiger partial charge in [-0.25, -0.2) is 9.78 Å². The van der Waals surface area contributed by atoms with Crippen molar-refractivity contribution < 1.29 is 9.90 Å². The zero-order valence-electron chi connectivity index (χ0n) is 19.4. The summed E-state index contributed by atoms with van der Waals surface area (Å²) in [6.45, 7) is 9.16. The number of nitrogens with one attached hydrogen (secondary N) is 2. The Morgan fingerprint density at radius 1 is 1.31 bits per heavy atom. The first-order valence-electron chi connectivity index (χ1n) is 11.5. The Bertz CT molecular complexity index is 1130. The molecule has 32 heavy (non-hydrogen) atoms. The lowest BCUT2D eigenvalue weighted by Crippen LogP contribution is -2.25. The second-order valence-electron chi connectivity index (χ2n) is 8.65. The van der Waals surface area contributed by atoms with E-state index < -0.39 is 0 Å². The zero-order chi connectivity index (χ0) is 23.3. The van der Waals surface area contributed by atoms with Gasteiger partial charge in [0.1, 0.15) is 0 Å². The van der Waals surface area contributed by atoms with E-state index >= 15 is 0 Å². The van der Waals surface area contributed by atoms with E-state index in [-0.39, 0.29) is 11.6 Å². The third-order valence-electron chi connectivity index (χ3n) is 5.75. The van der Waals surface area contributed by atoms with Gasteiger partial charge in [-0.15, -0.1) is 0 Å². The van der Waals surface area contributed by atoms with Crippen LogP contribution in [0.4, 0.5) is 0 Å². The van der Waals surface area contributed by atoms with Crippen molar-refractivity contribution in [2.75, 3.05) is 6.61 Å². The Morgan fingerprint density at radius 2 is 2.03 bits per heavy atom. The van der Waals surface area contributed by atoms with Crippen LogP contribution in [0.25, 0.3) is 22.3 Å². The van der Waals surface area contributed by atoms with E-state index in [0.29, 0.717) is 36.3 Å². The molecule has 2 heterocycles. The summed E-state index contributed by atoms with van der Waals surface area (Å²) >= 11 is 0. The third kappa shape index (κ3) is 5.65. The lowest BCUT2D eigenvalue weighted by molar-refractivity contribution is 0.0951. The van der Waals surface area contributed by atoms with Crippen molar-refractivity contribution in [2.24, 2.45) is 5.92 Å². The number of aliphatic hydroxyl groups excluding tert-OH is 1. The monoisotopic (exact) mass is 438 g/mol. The SMILES string of the molecule is CCC(C)Cn1c(=O)[nH]c2cc(-c3cc(C(=O)NC4CC4)ccc3C)cnc21.CCCO. The number of carbonyl (C=O) groups excluding carboxylic acids is 1. The number of fused-ring (bicyclic) bond motifs is 1. The minimum absolute atomic E-state index is 0.0362. The predicted octanol–water partition coefficient (Wildman–Crippen LogP) is 4.03. The summed E-state index contributed by atoms with van der Waals surface area (Å²) in [5.74, 6) is 0.369. The van der Waals surface area contributed by atoms with Crippen LogP contribution in [0.5, 0.6) is 0 Å². The largest absolute Gasteiger partial charge is 0.396 e. The highest BCUT2D eigenvalue weighted by Gasteiger charge is 2.24. The number of benzene rings is 1. The van der Waals surface area contributed by atoms with Gasteiger partial charge in [-0.3, -0.25) is 9.36 Å². The molecule has 3 N–H and O–H groups in total. The topological polar surface area (TPSA) is 100 Å². The van der Waals surface area contributed by atoms with Crippen molar-refractivity contribution in [2.45, 2.75) is 66.0 Å². The number of H-pyrrole nitrogens is 1. The molecule has 1 aromatic carbocycles. The summed E-state index contributed by atoms with van der Waals surface area (Å²) in [6.07, 6.45) is 5.79. The Kier molecular flexibility index (Phi) is 7.85. The maximum Gasteiger partial charge on any atom is 0.327 e. The van der Waals surface area contributed by atoms with Crippen LogP contribution in [0.15, 0.2) is 35.3 Å². The summed E-state index contributed by atoms with van der Waals surface area (Å²) in [5, 5.41) is 10.9. The summed E-state index contributed by atoms with van der Waals surface area (Å²) < 4.78 is 1.71. The smallest absolute Gasteiger partial charge is 0.327 e. The summed E-state index contributed by atoms with van der Waals surface area (Å²) in [5.41, 5.74) is 4.82. The molecule has 7 nitrogen and oxygen atoms in total. The molecule has 3 aromatic rings. The van der Waals surface area contributed by atoms with Crippen LogP contribution in [-0.2, 0) is 6.54 Å². The van der Waals surface area contributed by atoms with E-state index in [9.17, 15) is 9.59 Å². The fraction of sp³-hybridized carbons (Fsp3) is 0.480. The number of carbonyl (C=O) groups is 1. The number of imidazole rings is 1. The molecular formula is C25H34N4O3. The van der Waals surface area contributed by atoms with Gasteiger partial charge in [-0.05, 0) is 61.4 Å². The standard InChI is InChI=1S/C22H26N4O2.C3H8O/c1-4-13(2)12-26-20-19(25-22(26)28)10-16(11-23-20)18-9-15(6-5-14(18)3)21(27)24-17-7-8-17;1-2-3-4/h5-6,9-11,13,17H,4,7-8,12H2,1-3H3,(H,24,27)(H,25,28);4H,2-3H2,1H3. The number of aliphatic hydroxyl groups is 1. The van der Waals surface area contributed by atoms with Crippen molar-refractivity contribution in [3.8, 4) is 11.1 Å². The second kappa shape index (κ2) is 10.6. The van der Waals surface area contributed by atoms with E-state index in [1.165, 1.54) is 0 Å². The number of hydrogen-bond donors (Lipinski definition) is 3. The fourth-order valence-corrected chi connectivity index (χ4v) is 3.37. The Labute approximate surface area is 188 Å². The summed E-state index contributed by atoms with van der Waals surface area (Å²) in [7, 11) is 0. The van der Waals surface area contributed by atoms with Crippen LogP contribution in [0.3, 0.4) is 0 Å². The summed E-state index contributed by atoms with van der Waals surface area (Å²) in [6, 6.07) is 7.99. The van der Waals surface area contributed by atoms with Gasteiger partial charge in [0.05, 0.1) is 5.52 Å². The van der Waals surface area contributed by atoms with Crippen LogP contribution >= 0.6 is 0 Å². The van der Waals surface area contributed by atoms with Crippen LogP contribution < -0.4 is 11.0 Å². The lowest BCUT2D eigenvalue weighted by Gasteiger charge is -2.11. The maximum atomic E-state index is 12.4. The molecule has 0 spiro atoms. The van der Waals surface area contributed by atoms with E-state index in [1.54, 1.807) is 10.8 Å². The van der Waals surface area contributed by atoms with Gasteiger partial charge in [0, 0.05) is 36.5 Å². The van der Waals surface area contributed by atoms with E-state index in [0.717, 1.165) is 47.9 Å². The van der Waals surface area contributed by atoms with Crippen molar-refractivity contribution in [3.63, 3.8) is 0 Å². The highest BCUT2D eigenvalue weighted by atomic mass is 16.2. The van der Waals surface area contributed by atoms with Gasteiger partial charge in [0.25, 0.3) is 5.91 Å². The average Bonchev–Trinajstić information content (AvgIpc) is 3.56. The van der Waals surface area contributed by atoms with Crippen LogP contribution in [0.1, 0.15) is 62.4 Å². The maximum absolute atomic E-state index is 12.4. The molecule has 1 aliphatic rings.